The molecule has 0 amide bonds. The van der Waals surface area contributed by atoms with E-state index in [2.05, 4.69) is 18.7 Å². The van der Waals surface area contributed by atoms with Gasteiger partial charge in [0, 0.05) is 5.54 Å². The molecule has 0 bridgehead atoms. The number of hydrogen-bond acceptors (Lipinski definition) is 3. The van der Waals surface area contributed by atoms with Crippen LogP contribution in [0.5, 0.6) is 0 Å². The van der Waals surface area contributed by atoms with Crippen LogP contribution in [0.1, 0.15) is 52.4 Å². The van der Waals surface area contributed by atoms with Crippen molar-refractivity contribution in [1.29, 1.82) is 0 Å². The summed E-state index contributed by atoms with van der Waals surface area (Å²) in [4.78, 5) is 2.61. The molecule has 3 N–H and O–H groups in total. The second-order valence-electron chi connectivity index (χ2n) is 7.19. The molecule has 1 aliphatic heterocycles. The number of piperidine rings is 1. The smallest absolute Gasteiger partial charge is 0.0613 e. The first-order valence-corrected chi connectivity index (χ1v) is 8.17. The van der Waals surface area contributed by atoms with Gasteiger partial charge in [0.05, 0.1) is 6.61 Å². The summed E-state index contributed by atoms with van der Waals surface area (Å²) in [7, 11) is 0. The average Bonchev–Trinajstić information content (AvgIpc) is 2.79. The third kappa shape index (κ3) is 3.71. The normalized spacial score (nSPS) is 34.3. The average molecular weight is 268 g/mol. The molecule has 2 rings (SSSR count). The molecular formula is C16H32N2O. The Labute approximate surface area is 118 Å². The van der Waals surface area contributed by atoms with Gasteiger partial charge in [0.25, 0.3) is 0 Å². The fourth-order valence-corrected chi connectivity index (χ4v) is 3.99. The van der Waals surface area contributed by atoms with E-state index in [0.29, 0.717) is 5.92 Å². The molecule has 0 radical (unpaired) electrons. The Hall–Kier alpha value is -0.120. The first kappa shape index (κ1) is 15.3. The van der Waals surface area contributed by atoms with Crippen molar-refractivity contribution >= 4 is 0 Å². The van der Waals surface area contributed by atoms with Crippen LogP contribution in [0, 0.1) is 17.8 Å². The lowest BCUT2D eigenvalue weighted by Crippen LogP contribution is -2.48. The molecule has 112 valence electrons. The highest BCUT2D eigenvalue weighted by atomic mass is 16.3. The first-order valence-electron chi connectivity index (χ1n) is 8.17. The highest BCUT2D eigenvalue weighted by molar-refractivity contribution is 4.96. The van der Waals surface area contributed by atoms with Crippen molar-refractivity contribution in [3.05, 3.63) is 0 Å². The van der Waals surface area contributed by atoms with Crippen LogP contribution in [0.3, 0.4) is 0 Å². The fraction of sp³-hybridized carbons (Fsp3) is 1.00. The fourth-order valence-electron chi connectivity index (χ4n) is 3.99. The maximum Gasteiger partial charge on any atom is 0.0613 e. The van der Waals surface area contributed by atoms with Crippen molar-refractivity contribution in [1.82, 2.24) is 4.90 Å². The lowest BCUT2D eigenvalue weighted by molar-refractivity contribution is 0.123. The molecule has 0 aromatic carbocycles. The summed E-state index contributed by atoms with van der Waals surface area (Å²) < 4.78 is 0. The number of likely N-dealkylation sites (tertiary alicyclic amines) is 1. The molecule has 0 aromatic rings. The first-order chi connectivity index (χ1) is 9.05. The zero-order chi connectivity index (χ0) is 13.9. The van der Waals surface area contributed by atoms with Crippen molar-refractivity contribution in [2.45, 2.75) is 57.9 Å². The second-order valence-corrected chi connectivity index (χ2v) is 7.19. The quantitative estimate of drug-likeness (QED) is 0.804. The summed E-state index contributed by atoms with van der Waals surface area (Å²) in [6, 6.07) is 0. The monoisotopic (exact) mass is 268 g/mol. The van der Waals surface area contributed by atoms with Gasteiger partial charge in [-0.25, -0.2) is 0 Å². The Balaban J connectivity index is 1.72. The Kier molecular flexibility index (Phi) is 5.27. The van der Waals surface area contributed by atoms with Crippen LogP contribution in [0.2, 0.25) is 0 Å². The molecule has 3 nitrogen and oxygen atoms in total. The highest BCUT2D eigenvalue weighted by Crippen LogP contribution is 2.36. The molecule has 2 unspecified atom stereocenters. The summed E-state index contributed by atoms with van der Waals surface area (Å²) in [6.45, 7) is 8.55. The highest BCUT2D eigenvalue weighted by Gasteiger charge is 2.38. The van der Waals surface area contributed by atoms with Gasteiger partial charge in [-0.15, -0.1) is 0 Å². The van der Waals surface area contributed by atoms with Crippen LogP contribution in [0.4, 0.5) is 0 Å². The minimum Gasteiger partial charge on any atom is -0.394 e. The Morgan fingerprint density at radius 1 is 1.26 bits per heavy atom. The molecule has 2 aliphatic rings. The summed E-state index contributed by atoms with van der Waals surface area (Å²) >= 11 is 0. The maximum atomic E-state index is 9.49. The predicted octanol–water partition coefficient (Wildman–Crippen LogP) is 2.23. The SMILES string of the molecule is CC(C)C1CCN(CCC2CCCC2(N)CO)CC1. The molecule has 3 heteroatoms. The summed E-state index contributed by atoms with van der Waals surface area (Å²) in [5.41, 5.74) is 6.03. The van der Waals surface area contributed by atoms with E-state index in [9.17, 15) is 5.11 Å². The van der Waals surface area contributed by atoms with Gasteiger partial charge < -0.3 is 15.7 Å². The van der Waals surface area contributed by atoms with Gasteiger partial charge in [0.1, 0.15) is 0 Å². The van der Waals surface area contributed by atoms with Gasteiger partial charge in [0.15, 0.2) is 0 Å². The number of hydrogen-bond donors (Lipinski definition) is 2. The van der Waals surface area contributed by atoms with Crippen LogP contribution in [0.15, 0.2) is 0 Å². The number of nitrogens with zero attached hydrogens (tertiary/aromatic N) is 1. The predicted molar refractivity (Wildman–Crippen MR) is 80.0 cm³/mol. The molecule has 0 aromatic heterocycles. The van der Waals surface area contributed by atoms with Crippen LogP contribution in [-0.2, 0) is 0 Å². The molecule has 2 fully saturated rings. The lowest BCUT2D eigenvalue weighted by atomic mass is 9.85. The minimum absolute atomic E-state index is 0.160. The number of aliphatic hydroxyl groups is 1. The Morgan fingerprint density at radius 3 is 2.53 bits per heavy atom. The maximum absolute atomic E-state index is 9.49. The van der Waals surface area contributed by atoms with Crippen molar-refractivity contribution in [3.8, 4) is 0 Å². The lowest BCUT2D eigenvalue weighted by Gasteiger charge is -2.36. The van der Waals surface area contributed by atoms with E-state index in [4.69, 9.17) is 5.73 Å². The Bertz CT molecular complexity index is 274. The van der Waals surface area contributed by atoms with Gasteiger partial charge in [-0.3, -0.25) is 0 Å². The van der Waals surface area contributed by atoms with Crippen molar-refractivity contribution < 1.29 is 5.11 Å². The zero-order valence-corrected chi connectivity index (χ0v) is 12.8. The Morgan fingerprint density at radius 2 is 1.95 bits per heavy atom. The summed E-state index contributed by atoms with van der Waals surface area (Å²) in [6.07, 6.45) is 7.29. The van der Waals surface area contributed by atoms with Crippen LogP contribution in [0.25, 0.3) is 0 Å². The molecule has 1 saturated carbocycles. The topological polar surface area (TPSA) is 49.5 Å². The van der Waals surface area contributed by atoms with Crippen LogP contribution >= 0.6 is 0 Å². The minimum atomic E-state index is -0.281. The molecule has 19 heavy (non-hydrogen) atoms. The van der Waals surface area contributed by atoms with E-state index in [0.717, 1.165) is 18.3 Å². The number of nitrogens with two attached hydrogens (primary N) is 1. The largest absolute Gasteiger partial charge is 0.394 e. The standard InChI is InChI=1S/C16H32N2O/c1-13(2)14-5-9-18(10-6-14)11-7-15-4-3-8-16(15,17)12-19/h13-15,19H,3-12,17H2,1-2H3. The number of rotatable bonds is 5. The molecule has 1 heterocycles. The van der Waals surface area contributed by atoms with Gasteiger partial charge in [0.2, 0.25) is 0 Å². The molecule has 2 atom stereocenters. The zero-order valence-electron chi connectivity index (χ0n) is 12.8. The van der Waals surface area contributed by atoms with E-state index in [1.807, 2.05) is 0 Å². The van der Waals surface area contributed by atoms with Crippen molar-refractivity contribution in [2.75, 3.05) is 26.2 Å². The summed E-state index contributed by atoms with van der Waals surface area (Å²) in [5.74, 6) is 2.29. The van der Waals surface area contributed by atoms with E-state index >= 15 is 0 Å². The van der Waals surface area contributed by atoms with E-state index in [-0.39, 0.29) is 12.1 Å². The summed E-state index contributed by atoms with van der Waals surface area (Å²) in [5, 5.41) is 9.49. The van der Waals surface area contributed by atoms with Gasteiger partial charge >= 0.3 is 0 Å². The van der Waals surface area contributed by atoms with Crippen molar-refractivity contribution in [3.63, 3.8) is 0 Å². The molecular weight excluding hydrogens is 236 g/mol. The van der Waals surface area contributed by atoms with Gasteiger partial charge in [-0.2, -0.15) is 0 Å². The van der Waals surface area contributed by atoms with Crippen LogP contribution in [-0.4, -0.2) is 41.8 Å². The molecule has 0 spiro atoms. The van der Waals surface area contributed by atoms with Crippen molar-refractivity contribution in [2.24, 2.45) is 23.5 Å². The van der Waals surface area contributed by atoms with Gasteiger partial charge in [-0.05, 0) is 69.5 Å². The second kappa shape index (κ2) is 6.55. The van der Waals surface area contributed by atoms with E-state index in [1.165, 1.54) is 51.7 Å². The molecule has 1 aliphatic carbocycles. The van der Waals surface area contributed by atoms with E-state index in [1.54, 1.807) is 0 Å². The molecule has 1 saturated heterocycles. The third-order valence-corrected chi connectivity index (χ3v) is 5.67. The van der Waals surface area contributed by atoms with E-state index < -0.39 is 0 Å². The van der Waals surface area contributed by atoms with Crippen LogP contribution < -0.4 is 5.73 Å². The number of aliphatic hydroxyl groups excluding tert-OH is 1. The third-order valence-electron chi connectivity index (χ3n) is 5.67. The van der Waals surface area contributed by atoms with Gasteiger partial charge in [-0.1, -0.05) is 20.3 Å².